The van der Waals surface area contributed by atoms with Gasteiger partial charge in [-0.25, -0.2) is 0 Å². The van der Waals surface area contributed by atoms with E-state index in [-0.39, 0.29) is 5.78 Å². The lowest BCUT2D eigenvalue weighted by Gasteiger charge is -2.03. The Hall–Kier alpha value is -1.94. The number of fused-ring (bicyclic) bond motifs is 1. The van der Waals surface area contributed by atoms with Gasteiger partial charge in [-0.2, -0.15) is 0 Å². The molecule has 0 saturated heterocycles. The predicted octanol–water partition coefficient (Wildman–Crippen LogP) is 4.39. The molecule has 3 aromatic rings. The predicted molar refractivity (Wildman–Crippen MR) is 81.5 cm³/mol. The molecule has 20 heavy (non-hydrogen) atoms. The highest BCUT2D eigenvalue weighted by Crippen LogP contribution is 2.30. The van der Waals surface area contributed by atoms with Crippen LogP contribution in [0.3, 0.4) is 0 Å². The van der Waals surface area contributed by atoms with Gasteiger partial charge in [-0.3, -0.25) is 9.78 Å². The quantitative estimate of drug-likeness (QED) is 0.715. The summed E-state index contributed by atoms with van der Waals surface area (Å²) in [5, 5.41) is 1.04. The maximum Gasteiger partial charge on any atom is 0.137 e. The van der Waals surface area contributed by atoms with E-state index >= 15 is 0 Å². The molecule has 0 aliphatic rings. The number of ketones is 1. The Morgan fingerprint density at radius 3 is 2.95 bits per heavy atom. The highest BCUT2D eigenvalue weighted by Gasteiger charge is 2.10. The van der Waals surface area contributed by atoms with Gasteiger partial charge in [0.15, 0.2) is 0 Å². The van der Waals surface area contributed by atoms with Crippen LogP contribution in [0.5, 0.6) is 0 Å². The molecule has 0 spiro atoms. The number of aromatic nitrogens is 1. The third kappa shape index (κ3) is 2.51. The van der Waals surface area contributed by atoms with Crippen molar-refractivity contribution in [3.63, 3.8) is 0 Å². The zero-order valence-corrected chi connectivity index (χ0v) is 12.5. The first-order valence-corrected chi connectivity index (χ1v) is 7.05. The molecule has 3 nitrogen and oxygen atoms in total. The van der Waals surface area contributed by atoms with Crippen LogP contribution in [0.1, 0.15) is 12.7 Å². The van der Waals surface area contributed by atoms with E-state index in [1.54, 1.807) is 13.1 Å². The average molecular weight is 330 g/mol. The van der Waals surface area contributed by atoms with Gasteiger partial charge in [0.2, 0.25) is 0 Å². The van der Waals surface area contributed by atoms with E-state index in [0.717, 1.165) is 26.7 Å². The second kappa shape index (κ2) is 5.21. The molecule has 2 aromatic heterocycles. The summed E-state index contributed by atoms with van der Waals surface area (Å²) >= 11 is 3.42. The zero-order chi connectivity index (χ0) is 14.1. The zero-order valence-electron chi connectivity index (χ0n) is 10.9. The summed E-state index contributed by atoms with van der Waals surface area (Å²) in [5.74, 6) is 1.51. The summed E-state index contributed by atoms with van der Waals surface area (Å²) in [6, 6.07) is 11.7. The lowest BCUT2D eigenvalue weighted by Crippen LogP contribution is -1.93. The molecule has 0 bridgehead atoms. The van der Waals surface area contributed by atoms with Gasteiger partial charge in [-0.1, -0.05) is 12.1 Å². The van der Waals surface area contributed by atoms with Crippen molar-refractivity contribution in [2.45, 2.75) is 13.3 Å². The number of nitrogens with zero attached hydrogens (tertiary/aromatic N) is 1. The van der Waals surface area contributed by atoms with Gasteiger partial charge in [-0.15, -0.1) is 0 Å². The molecule has 0 amide bonds. The van der Waals surface area contributed by atoms with Crippen LogP contribution in [0.25, 0.3) is 22.2 Å². The van der Waals surface area contributed by atoms with E-state index in [4.69, 9.17) is 4.42 Å². The monoisotopic (exact) mass is 329 g/mol. The summed E-state index contributed by atoms with van der Waals surface area (Å²) in [6.07, 6.45) is 2.09. The third-order valence-electron chi connectivity index (χ3n) is 3.03. The van der Waals surface area contributed by atoms with Crippen molar-refractivity contribution in [1.29, 1.82) is 0 Å². The number of halogens is 1. The first-order chi connectivity index (χ1) is 9.63. The topological polar surface area (TPSA) is 43.1 Å². The molecular weight excluding hydrogens is 318 g/mol. The Labute approximate surface area is 124 Å². The van der Waals surface area contributed by atoms with E-state index in [9.17, 15) is 4.79 Å². The normalized spacial score (nSPS) is 10.9. The fraction of sp³-hybridized carbons (Fsp3) is 0.125. The molecular formula is C16H12BrNO2. The molecule has 0 atom stereocenters. The Balaban J connectivity index is 2.10. The van der Waals surface area contributed by atoms with Crippen molar-refractivity contribution >= 4 is 32.6 Å². The van der Waals surface area contributed by atoms with Gasteiger partial charge in [0.05, 0.1) is 11.9 Å². The molecule has 100 valence electrons. The maximum absolute atomic E-state index is 11.1. The minimum Gasteiger partial charge on any atom is -0.461 e. The van der Waals surface area contributed by atoms with Gasteiger partial charge in [0, 0.05) is 21.6 Å². The third-order valence-corrected chi connectivity index (χ3v) is 3.46. The Bertz CT molecular complexity index is 792. The number of carbonyl (C=O) groups excluding carboxylic acids is 1. The summed E-state index contributed by atoms with van der Waals surface area (Å²) in [7, 11) is 0. The van der Waals surface area contributed by atoms with Crippen LogP contribution < -0.4 is 0 Å². The highest BCUT2D eigenvalue weighted by atomic mass is 79.9. The largest absolute Gasteiger partial charge is 0.461 e. The minimum absolute atomic E-state index is 0.0888. The highest BCUT2D eigenvalue weighted by molar-refractivity contribution is 9.10. The second-order valence-corrected chi connectivity index (χ2v) is 5.59. The van der Waals surface area contributed by atoms with Crippen LogP contribution in [0, 0.1) is 0 Å². The number of hydrogen-bond donors (Lipinski definition) is 0. The van der Waals surface area contributed by atoms with Crippen LogP contribution in [0.15, 0.2) is 51.5 Å². The number of hydrogen-bond acceptors (Lipinski definition) is 3. The first-order valence-electron chi connectivity index (χ1n) is 6.26. The van der Waals surface area contributed by atoms with E-state index in [0.29, 0.717) is 12.2 Å². The Morgan fingerprint density at radius 2 is 2.15 bits per heavy atom. The van der Waals surface area contributed by atoms with Gasteiger partial charge in [0.25, 0.3) is 0 Å². The first kappa shape index (κ1) is 13.1. The minimum atomic E-state index is 0.0888. The number of rotatable bonds is 3. The second-order valence-electron chi connectivity index (χ2n) is 4.68. The van der Waals surface area contributed by atoms with Crippen molar-refractivity contribution in [2.24, 2.45) is 0 Å². The summed E-state index contributed by atoms with van der Waals surface area (Å²) in [4.78, 5) is 15.6. The van der Waals surface area contributed by atoms with Crippen LogP contribution in [-0.4, -0.2) is 10.8 Å². The summed E-state index contributed by atoms with van der Waals surface area (Å²) in [6.45, 7) is 1.55. The molecule has 3 rings (SSSR count). The molecule has 0 saturated carbocycles. The molecule has 1 aromatic carbocycles. The summed E-state index contributed by atoms with van der Waals surface area (Å²) < 4.78 is 6.69. The van der Waals surface area contributed by atoms with Gasteiger partial charge < -0.3 is 4.42 Å². The fourth-order valence-corrected chi connectivity index (χ4v) is 2.54. The van der Waals surface area contributed by atoms with Gasteiger partial charge >= 0.3 is 0 Å². The molecule has 0 unspecified atom stereocenters. The molecule has 4 heteroatoms. The SMILES string of the molecule is CC(=O)Cc1ccc(-c2cccc3cc(Br)cnc23)o1. The molecule has 0 fully saturated rings. The number of pyridine rings is 1. The smallest absolute Gasteiger partial charge is 0.137 e. The number of benzene rings is 1. The van der Waals surface area contributed by atoms with Crippen molar-refractivity contribution < 1.29 is 9.21 Å². The van der Waals surface area contributed by atoms with Crippen LogP contribution in [-0.2, 0) is 11.2 Å². The fourth-order valence-electron chi connectivity index (χ4n) is 2.20. The van der Waals surface area contributed by atoms with Crippen LogP contribution in [0.4, 0.5) is 0 Å². The Kier molecular flexibility index (Phi) is 3.40. The molecule has 0 aliphatic heterocycles. The van der Waals surface area contributed by atoms with Gasteiger partial charge in [0.1, 0.15) is 17.3 Å². The van der Waals surface area contributed by atoms with E-state index < -0.39 is 0 Å². The number of furan rings is 1. The lowest BCUT2D eigenvalue weighted by atomic mass is 10.1. The lowest BCUT2D eigenvalue weighted by molar-refractivity contribution is -0.116. The van der Waals surface area contributed by atoms with E-state index in [1.165, 1.54) is 0 Å². The molecule has 0 radical (unpaired) electrons. The maximum atomic E-state index is 11.1. The summed E-state index contributed by atoms with van der Waals surface area (Å²) in [5.41, 5.74) is 1.82. The van der Waals surface area contributed by atoms with Crippen molar-refractivity contribution in [3.8, 4) is 11.3 Å². The van der Waals surface area contributed by atoms with Crippen molar-refractivity contribution in [3.05, 3.63) is 52.8 Å². The van der Waals surface area contributed by atoms with Crippen molar-refractivity contribution in [2.75, 3.05) is 0 Å². The molecule has 0 aliphatic carbocycles. The standard InChI is InChI=1S/C16H12BrNO2/c1-10(19)7-13-5-6-15(20-13)14-4-2-3-11-8-12(17)9-18-16(11)14/h2-6,8-9H,7H2,1H3. The van der Waals surface area contributed by atoms with Crippen molar-refractivity contribution in [1.82, 2.24) is 4.98 Å². The molecule has 2 heterocycles. The number of carbonyl (C=O) groups is 1. The Morgan fingerprint density at radius 1 is 1.30 bits per heavy atom. The number of para-hydroxylation sites is 1. The van der Waals surface area contributed by atoms with E-state index in [1.807, 2.05) is 36.4 Å². The van der Waals surface area contributed by atoms with Crippen LogP contribution in [0.2, 0.25) is 0 Å². The molecule has 0 N–H and O–H groups in total. The van der Waals surface area contributed by atoms with E-state index in [2.05, 4.69) is 20.9 Å². The average Bonchev–Trinajstić information content (AvgIpc) is 2.85. The number of Topliss-reactive ketones (excluding diaryl/α,β-unsaturated/α-hetero) is 1. The van der Waals surface area contributed by atoms with Crippen LogP contribution >= 0.6 is 15.9 Å². The van der Waals surface area contributed by atoms with Gasteiger partial charge in [-0.05, 0) is 47.1 Å².